The maximum absolute atomic E-state index is 12.7. The van der Waals surface area contributed by atoms with E-state index in [2.05, 4.69) is 0 Å². The Labute approximate surface area is 229 Å². The summed E-state index contributed by atoms with van der Waals surface area (Å²) in [4.78, 5) is 37.4. The molecule has 0 aliphatic carbocycles. The fourth-order valence-electron chi connectivity index (χ4n) is 3.86. The third-order valence-corrected chi connectivity index (χ3v) is 8.07. The van der Waals surface area contributed by atoms with Crippen LogP contribution in [0.25, 0.3) is 0 Å². The smallest absolute Gasteiger partial charge is 0.350 e. The van der Waals surface area contributed by atoms with E-state index < -0.39 is 0 Å². The molecule has 0 saturated carbocycles. The maximum Gasteiger partial charge on any atom is 0.350 e. The molecule has 0 aliphatic rings. The number of benzene rings is 2. The summed E-state index contributed by atoms with van der Waals surface area (Å²) in [6, 6.07) is 19.3. The number of rotatable bonds is 9. The van der Waals surface area contributed by atoms with Crippen LogP contribution in [-0.2, 0) is 22.6 Å². The van der Waals surface area contributed by atoms with Gasteiger partial charge in [0.05, 0.1) is 24.6 Å². The minimum Gasteiger partial charge on any atom is -0.462 e. The van der Waals surface area contributed by atoms with Gasteiger partial charge in [0.2, 0.25) is 0 Å². The van der Waals surface area contributed by atoms with Crippen molar-refractivity contribution in [3.8, 4) is 0 Å². The first-order valence-corrected chi connectivity index (χ1v) is 14.0. The summed E-state index contributed by atoms with van der Waals surface area (Å²) in [5.74, 6) is -0.719. The number of esters is 2. The van der Waals surface area contributed by atoms with Crippen LogP contribution < -0.4 is 9.60 Å². The Hall–Kier alpha value is -3.76. The van der Waals surface area contributed by atoms with E-state index in [4.69, 9.17) is 19.5 Å². The van der Waals surface area contributed by atoms with Crippen LogP contribution in [0.4, 0.5) is 11.4 Å². The topological polar surface area (TPSA) is 87.2 Å². The van der Waals surface area contributed by atoms with E-state index in [0.717, 1.165) is 22.8 Å². The van der Waals surface area contributed by atoms with E-state index in [1.807, 2.05) is 83.6 Å². The van der Waals surface area contributed by atoms with Crippen molar-refractivity contribution in [2.75, 3.05) is 13.2 Å². The van der Waals surface area contributed by atoms with E-state index in [9.17, 15) is 9.59 Å². The Kier molecular flexibility index (Phi) is 9.09. The zero-order chi connectivity index (χ0) is 27.1. The molecule has 2 heterocycles. The lowest BCUT2D eigenvalue weighted by atomic mass is 10.3. The van der Waals surface area contributed by atoms with Crippen molar-refractivity contribution < 1.29 is 19.1 Å². The van der Waals surface area contributed by atoms with Crippen molar-refractivity contribution in [1.29, 1.82) is 0 Å². The van der Waals surface area contributed by atoms with Gasteiger partial charge in [0, 0.05) is 24.5 Å². The van der Waals surface area contributed by atoms with Crippen molar-refractivity contribution in [2.45, 2.75) is 40.8 Å². The minimum atomic E-state index is -0.359. The molecule has 2 aromatic carbocycles. The number of thiazole rings is 2. The maximum atomic E-state index is 12.7. The Morgan fingerprint density at radius 1 is 0.684 bits per heavy atom. The molecule has 0 atom stereocenters. The minimum absolute atomic E-state index is 0.298. The number of aromatic nitrogens is 2. The summed E-state index contributed by atoms with van der Waals surface area (Å²) in [5, 5.41) is 0. The van der Waals surface area contributed by atoms with Gasteiger partial charge in [0.1, 0.15) is 9.75 Å². The van der Waals surface area contributed by atoms with Gasteiger partial charge in [-0.1, -0.05) is 59.1 Å². The number of ether oxygens (including phenoxy) is 2. The average molecular weight is 551 g/mol. The SMILES string of the molecule is CCOC(=O)c1sc(=Nc2ccccc2)n(CCn2c(C)c(C(=O)OCC)sc2=Nc2ccccc2)c1C. The largest absolute Gasteiger partial charge is 0.462 e. The molecule has 38 heavy (non-hydrogen) atoms. The lowest BCUT2D eigenvalue weighted by Crippen LogP contribution is -2.24. The van der Waals surface area contributed by atoms with Crippen molar-refractivity contribution in [2.24, 2.45) is 9.98 Å². The van der Waals surface area contributed by atoms with Crippen LogP contribution in [0, 0.1) is 13.8 Å². The van der Waals surface area contributed by atoms with Crippen molar-refractivity contribution in [3.63, 3.8) is 0 Å². The van der Waals surface area contributed by atoms with Crippen LogP contribution in [0.1, 0.15) is 44.6 Å². The van der Waals surface area contributed by atoms with Crippen molar-refractivity contribution >= 4 is 46.0 Å². The summed E-state index contributed by atoms with van der Waals surface area (Å²) in [7, 11) is 0. The molecule has 0 unspecified atom stereocenters. The molecule has 10 heteroatoms. The van der Waals surface area contributed by atoms with E-state index >= 15 is 0 Å². The molecule has 0 radical (unpaired) electrons. The summed E-state index contributed by atoms with van der Waals surface area (Å²) in [6.07, 6.45) is 0. The highest BCUT2D eigenvalue weighted by Gasteiger charge is 2.21. The first-order valence-electron chi connectivity index (χ1n) is 12.4. The molecule has 0 fully saturated rings. The Bertz CT molecular complexity index is 1430. The van der Waals surface area contributed by atoms with E-state index in [0.29, 0.717) is 45.7 Å². The summed E-state index contributed by atoms with van der Waals surface area (Å²) in [5.41, 5.74) is 3.15. The number of carbonyl (C=O) groups excluding carboxylic acids is 2. The predicted molar refractivity (Wildman–Crippen MR) is 149 cm³/mol. The van der Waals surface area contributed by atoms with Crippen molar-refractivity contribution in [1.82, 2.24) is 9.13 Å². The molecule has 4 aromatic rings. The normalized spacial score (nSPS) is 12.1. The van der Waals surface area contributed by atoms with Gasteiger partial charge in [-0.2, -0.15) is 0 Å². The second-order valence-electron chi connectivity index (χ2n) is 8.24. The van der Waals surface area contributed by atoms with Gasteiger partial charge in [-0.25, -0.2) is 19.6 Å². The van der Waals surface area contributed by atoms with Crippen LogP contribution in [0.3, 0.4) is 0 Å². The van der Waals surface area contributed by atoms with Crippen LogP contribution in [0.15, 0.2) is 70.6 Å². The number of carbonyl (C=O) groups is 2. The second kappa shape index (κ2) is 12.7. The zero-order valence-electron chi connectivity index (χ0n) is 21.8. The highest BCUT2D eigenvalue weighted by atomic mass is 32.1. The lowest BCUT2D eigenvalue weighted by Gasteiger charge is -2.10. The quantitative estimate of drug-likeness (QED) is 0.256. The van der Waals surface area contributed by atoms with Gasteiger partial charge >= 0.3 is 11.9 Å². The van der Waals surface area contributed by atoms with E-state index in [1.54, 1.807) is 13.8 Å². The Balaban J connectivity index is 1.79. The second-order valence-corrected chi connectivity index (χ2v) is 10.2. The van der Waals surface area contributed by atoms with Crippen LogP contribution >= 0.6 is 22.7 Å². The zero-order valence-corrected chi connectivity index (χ0v) is 23.5. The van der Waals surface area contributed by atoms with E-state index in [-0.39, 0.29) is 11.9 Å². The number of hydrogen-bond donors (Lipinski definition) is 0. The molecule has 0 bridgehead atoms. The first kappa shape index (κ1) is 27.3. The Morgan fingerprint density at radius 2 is 1.05 bits per heavy atom. The van der Waals surface area contributed by atoms with Gasteiger partial charge in [-0.3, -0.25) is 0 Å². The molecular weight excluding hydrogens is 520 g/mol. The molecule has 8 nitrogen and oxygen atoms in total. The highest BCUT2D eigenvalue weighted by molar-refractivity contribution is 7.11. The molecule has 4 rings (SSSR count). The fourth-order valence-corrected chi connectivity index (χ4v) is 6.01. The summed E-state index contributed by atoms with van der Waals surface area (Å²) < 4.78 is 14.6. The molecule has 0 aliphatic heterocycles. The summed E-state index contributed by atoms with van der Waals surface area (Å²) in [6.45, 7) is 9.00. The Morgan fingerprint density at radius 3 is 1.39 bits per heavy atom. The van der Waals surface area contributed by atoms with Crippen LogP contribution in [0.5, 0.6) is 0 Å². The molecule has 0 amide bonds. The number of nitrogens with zero attached hydrogens (tertiary/aromatic N) is 4. The first-order chi connectivity index (χ1) is 18.4. The monoisotopic (exact) mass is 550 g/mol. The summed E-state index contributed by atoms with van der Waals surface area (Å²) >= 11 is 2.62. The predicted octanol–water partition coefficient (Wildman–Crippen LogP) is 5.55. The van der Waals surface area contributed by atoms with Crippen LogP contribution in [0.2, 0.25) is 0 Å². The lowest BCUT2D eigenvalue weighted by molar-refractivity contribution is 0.0520. The fraction of sp³-hybridized carbons (Fsp3) is 0.286. The van der Waals surface area contributed by atoms with Gasteiger partial charge in [-0.15, -0.1) is 0 Å². The van der Waals surface area contributed by atoms with Gasteiger partial charge in [0.15, 0.2) is 9.60 Å². The van der Waals surface area contributed by atoms with Gasteiger partial charge in [0.25, 0.3) is 0 Å². The van der Waals surface area contributed by atoms with Gasteiger partial charge in [-0.05, 0) is 52.0 Å². The van der Waals surface area contributed by atoms with E-state index in [1.165, 1.54) is 22.7 Å². The van der Waals surface area contributed by atoms with Gasteiger partial charge < -0.3 is 18.6 Å². The third kappa shape index (κ3) is 6.20. The average Bonchev–Trinajstić information content (AvgIpc) is 3.39. The highest BCUT2D eigenvalue weighted by Crippen LogP contribution is 2.19. The molecule has 198 valence electrons. The molecule has 2 aromatic heterocycles. The standard InChI is InChI=1S/C28H30N4O4S2/c1-5-35-25(33)23-19(3)31(27(37-23)29-21-13-9-7-10-14-21)17-18-32-20(4)24(26(34)36-6-2)38-28(32)30-22-15-11-8-12-16-22/h7-16H,5-6,17-18H2,1-4H3. The molecule has 0 spiro atoms. The van der Waals surface area contributed by atoms with Crippen molar-refractivity contribution in [3.05, 3.63) is 91.4 Å². The number of para-hydroxylation sites is 2. The third-order valence-electron chi connectivity index (χ3n) is 5.75. The van der Waals surface area contributed by atoms with Crippen LogP contribution in [-0.4, -0.2) is 34.3 Å². The number of hydrogen-bond acceptors (Lipinski definition) is 8. The molecule has 0 saturated heterocycles. The molecular formula is C28H30N4O4S2. The molecule has 0 N–H and O–H groups in total.